The minimum Gasteiger partial charge on any atom is -0.423 e. The Hall–Kier alpha value is -2.10. The van der Waals surface area contributed by atoms with Crippen molar-refractivity contribution in [2.24, 2.45) is 0 Å². The molecule has 0 amide bonds. The van der Waals surface area contributed by atoms with Gasteiger partial charge in [-0.3, -0.25) is 4.79 Å². The van der Waals surface area contributed by atoms with E-state index in [4.69, 9.17) is 27.9 Å². The van der Waals surface area contributed by atoms with Gasteiger partial charge < -0.3 is 4.74 Å². The predicted molar refractivity (Wildman–Crippen MR) is 96.9 cm³/mol. The van der Waals surface area contributed by atoms with Crippen molar-refractivity contribution >= 4 is 40.1 Å². The van der Waals surface area contributed by atoms with Crippen LogP contribution in [0, 0.1) is 6.92 Å². The van der Waals surface area contributed by atoms with E-state index in [-0.39, 0.29) is 23.2 Å². The van der Waals surface area contributed by atoms with Crippen LogP contribution in [0.4, 0.5) is 0 Å². The van der Waals surface area contributed by atoms with Crippen molar-refractivity contribution in [3.05, 3.63) is 69.8 Å². The molecular weight excluding hydrogens is 345 g/mol. The molecule has 3 nitrogen and oxygen atoms in total. The number of carbonyl (C=O) groups excluding carboxylic acids is 1. The van der Waals surface area contributed by atoms with E-state index >= 15 is 0 Å². The molecule has 0 saturated heterocycles. The number of esters is 1. The summed E-state index contributed by atoms with van der Waals surface area (Å²) in [7, 11) is 0. The first-order chi connectivity index (χ1) is 11.5. The smallest absolute Gasteiger partial charge is 0.311 e. The summed E-state index contributed by atoms with van der Waals surface area (Å²) in [5.41, 5.74) is 2.37. The van der Waals surface area contributed by atoms with Crippen LogP contribution in [0.15, 0.2) is 48.5 Å². The van der Waals surface area contributed by atoms with Crippen LogP contribution < -0.4 is 4.74 Å². The molecule has 0 bridgehead atoms. The fourth-order valence-corrected chi connectivity index (χ4v) is 3.00. The molecule has 3 rings (SSSR count). The van der Waals surface area contributed by atoms with Gasteiger partial charge in [-0.25, -0.2) is 4.98 Å². The van der Waals surface area contributed by atoms with Crippen LogP contribution in [0.1, 0.15) is 17.7 Å². The maximum Gasteiger partial charge on any atom is 0.311 e. The molecule has 3 aromatic rings. The Morgan fingerprint density at radius 1 is 1.08 bits per heavy atom. The van der Waals surface area contributed by atoms with Crippen molar-refractivity contribution in [3.63, 3.8) is 0 Å². The number of carbonyl (C=O) groups is 1. The number of halogens is 2. The van der Waals surface area contributed by atoms with Crippen molar-refractivity contribution in [3.8, 4) is 5.75 Å². The molecule has 0 N–H and O–H groups in total. The molecule has 0 atom stereocenters. The number of pyridine rings is 1. The lowest BCUT2D eigenvalue weighted by molar-refractivity contribution is -0.134. The van der Waals surface area contributed by atoms with Gasteiger partial charge in [-0.05, 0) is 37.1 Å². The summed E-state index contributed by atoms with van der Waals surface area (Å²) in [6.45, 7) is 1.86. The highest BCUT2D eigenvalue weighted by Gasteiger charge is 2.16. The average molecular weight is 360 g/mol. The van der Waals surface area contributed by atoms with E-state index < -0.39 is 0 Å². The molecule has 0 aliphatic rings. The van der Waals surface area contributed by atoms with Crippen molar-refractivity contribution in [1.82, 2.24) is 4.98 Å². The molecule has 1 aromatic heterocycles. The molecule has 0 fully saturated rings. The number of hydrogen-bond donors (Lipinski definition) is 0. The van der Waals surface area contributed by atoms with Gasteiger partial charge in [0.25, 0.3) is 0 Å². The van der Waals surface area contributed by atoms with Crippen LogP contribution in [0.2, 0.25) is 10.0 Å². The number of fused-ring (bicyclic) bond motifs is 1. The molecule has 0 unspecified atom stereocenters. The highest BCUT2D eigenvalue weighted by atomic mass is 35.5. The first kappa shape index (κ1) is 16.7. The van der Waals surface area contributed by atoms with Crippen LogP contribution in [0.25, 0.3) is 10.9 Å². The van der Waals surface area contributed by atoms with E-state index in [1.54, 1.807) is 6.07 Å². The van der Waals surface area contributed by atoms with Crippen LogP contribution in [0.3, 0.4) is 0 Å². The molecule has 122 valence electrons. The number of rotatable bonds is 4. The Balaban J connectivity index is 1.84. The zero-order valence-electron chi connectivity index (χ0n) is 13.1. The number of ether oxygens (including phenoxy) is 1. The average Bonchev–Trinajstić information content (AvgIpc) is 2.57. The zero-order valence-corrected chi connectivity index (χ0v) is 14.6. The highest BCUT2D eigenvalue weighted by Crippen LogP contribution is 2.37. The predicted octanol–water partition coefficient (Wildman–Crippen LogP) is 5.39. The van der Waals surface area contributed by atoms with E-state index in [1.165, 1.54) is 0 Å². The van der Waals surface area contributed by atoms with Gasteiger partial charge in [0.1, 0.15) is 5.52 Å². The van der Waals surface area contributed by atoms with E-state index in [0.29, 0.717) is 22.3 Å². The summed E-state index contributed by atoms with van der Waals surface area (Å²) in [6.07, 6.45) is 0.867. The number of nitrogens with zero attached hydrogens (tertiary/aromatic N) is 1. The van der Waals surface area contributed by atoms with E-state index in [2.05, 4.69) is 4.98 Å². The van der Waals surface area contributed by atoms with Crippen molar-refractivity contribution in [2.75, 3.05) is 0 Å². The second-order valence-electron chi connectivity index (χ2n) is 5.48. The highest BCUT2D eigenvalue weighted by molar-refractivity contribution is 6.39. The third-order valence-corrected chi connectivity index (χ3v) is 4.25. The van der Waals surface area contributed by atoms with Gasteiger partial charge in [0, 0.05) is 17.5 Å². The Bertz CT molecular complexity index is 895. The van der Waals surface area contributed by atoms with E-state index in [0.717, 1.165) is 11.3 Å². The summed E-state index contributed by atoms with van der Waals surface area (Å²) in [4.78, 5) is 16.6. The van der Waals surface area contributed by atoms with Crippen LogP contribution >= 0.6 is 23.2 Å². The maximum absolute atomic E-state index is 12.2. The molecule has 0 saturated carbocycles. The Kier molecular flexibility index (Phi) is 5.03. The summed E-state index contributed by atoms with van der Waals surface area (Å²) in [5.74, 6) is -0.0921. The molecular formula is C19H15Cl2NO2. The summed E-state index contributed by atoms with van der Waals surface area (Å²) < 4.78 is 5.50. The van der Waals surface area contributed by atoms with Gasteiger partial charge in [-0.15, -0.1) is 0 Å². The fraction of sp³-hybridized carbons (Fsp3) is 0.158. The molecule has 2 aromatic carbocycles. The quantitative estimate of drug-likeness (QED) is 0.463. The van der Waals surface area contributed by atoms with Gasteiger partial charge in [-0.1, -0.05) is 53.5 Å². The molecule has 0 aliphatic heterocycles. The zero-order chi connectivity index (χ0) is 17.1. The van der Waals surface area contributed by atoms with Crippen LogP contribution in [-0.4, -0.2) is 11.0 Å². The number of aryl methyl sites for hydroxylation is 2. The Labute approximate surface area is 150 Å². The van der Waals surface area contributed by atoms with E-state index in [9.17, 15) is 4.79 Å². The van der Waals surface area contributed by atoms with Gasteiger partial charge in [0.05, 0.1) is 10.0 Å². The molecule has 0 aliphatic carbocycles. The van der Waals surface area contributed by atoms with Gasteiger partial charge in [0.2, 0.25) is 0 Å². The lowest BCUT2D eigenvalue weighted by Crippen LogP contribution is -2.10. The first-order valence-corrected chi connectivity index (χ1v) is 8.30. The second-order valence-corrected chi connectivity index (χ2v) is 6.29. The van der Waals surface area contributed by atoms with Gasteiger partial charge in [-0.2, -0.15) is 0 Å². The molecule has 0 spiro atoms. The largest absolute Gasteiger partial charge is 0.423 e. The van der Waals surface area contributed by atoms with E-state index in [1.807, 2.05) is 49.4 Å². The van der Waals surface area contributed by atoms with Gasteiger partial charge >= 0.3 is 5.97 Å². The third kappa shape index (κ3) is 3.69. The molecule has 0 radical (unpaired) electrons. The fourth-order valence-electron chi connectivity index (χ4n) is 2.44. The standard InChI is InChI=1S/C19H15Cl2NO2/c1-12-7-9-14-15(20)11-16(21)19(18(14)22-12)24-17(23)10-8-13-5-3-2-4-6-13/h2-7,9,11H,8,10H2,1H3. The van der Waals surface area contributed by atoms with Gasteiger partial charge in [0.15, 0.2) is 5.75 Å². The summed E-state index contributed by atoms with van der Waals surface area (Å²) >= 11 is 12.4. The van der Waals surface area contributed by atoms with Crippen molar-refractivity contribution in [1.29, 1.82) is 0 Å². The minimum absolute atomic E-state index is 0.260. The maximum atomic E-state index is 12.2. The number of aromatic nitrogens is 1. The molecule has 5 heteroatoms. The monoisotopic (exact) mass is 359 g/mol. The Morgan fingerprint density at radius 3 is 2.58 bits per heavy atom. The topological polar surface area (TPSA) is 39.2 Å². The molecule has 24 heavy (non-hydrogen) atoms. The normalized spacial score (nSPS) is 10.8. The Morgan fingerprint density at radius 2 is 1.83 bits per heavy atom. The van der Waals surface area contributed by atoms with Crippen molar-refractivity contribution < 1.29 is 9.53 Å². The second kappa shape index (κ2) is 7.20. The summed E-state index contributed by atoms with van der Waals surface area (Å²) in [6, 6.07) is 15.0. The number of hydrogen-bond acceptors (Lipinski definition) is 3. The van der Waals surface area contributed by atoms with Crippen molar-refractivity contribution in [2.45, 2.75) is 19.8 Å². The summed E-state index contributed by atoms with van der Waals surface area (Å²) in [5, 5.41) is 1.46. The minimum atomic E-state index is -0.354. The lowest BCUT2D eigenvalue weighted by Gasteiger charge is -2.11. The molecule has 1 heterocycles. The van der Waals surface area contributed by atoms with Crippen LogP contribution in [-0.2, 0) is 11.2 Å². The SMILES string of the molecule is Cc1ccc2c(Cl)cc(Cl)c(OC(=O)CCc3ccccc3)c2n1. The van der Waals surface area contributed by atoms with Crippen LogP contribution in [0.5, 0.6) is 5.75 Å². The third-order valence-electron chi connectivity index (χ3n) is 3.65. The lowest BCUT2D eigenvalue weighted by atomic mass is 10.1. The first-order valence-electron chi connectivity index (χ1n) is 7.54. The number of benzene rings is 2.